The zero-order valence-corrected chi connectivity index (χ0v) is 13.9. The molecule has 0 saturated heterocycles. The SMILES string of the molecule is CC(CC(=O)c1cc(Br)c(Br)s1)C(C)(C)C. The lowest BCUT2D eigenvalue weighted by Crippen LogP contribution is -2.20. The molecule has 1 aromatic heterocycles. The van der Waals surface area contributed by atoms with E-state index in [1.54, 1.807) is 0 Å². The van der Waals surface area contributed by atoms with Crippen LogP contribution in [0, 0.1) is 11.3 Å². The number of ketones is 1. The van der Waals surface area contributed by atoms with Crippen LogP contribution in [0.3, 0.4) is 0 Å². The summed E-state index contributed by atoms with van der Waals surface area (Å²) in [4.78, 5) is 12.9. The summed E-state index contributed by atoms with van der Waals surface area (Å²) in [6.45, 7) is 8.65. The first-order chi connectivity index (χ1) is 7.21. The fraction of sp³-hybridized carbons (Fsp3) is 0.583. The molecule has 0 N–H and O–H groups in total. The van der Waals surface area contributed by atoms with Crippen molar-refractivity contribution in [3.8, 4) is 0 Å². The molecule has 0 aromatic carbocycles. The number of carbonyl (C=O) groups is 1. The normalized spacial score (nSPS) is 13.9. The second-order valence-corrected chi connectivity index (χ2v) is 8.35. The van der Waals surface area contributed by atoms with E-state index >= 15 is 0 Å². The van der Waals surface area contributed by atoms with Crippen molar-refractivity contribution in [3.05, 3.63) is 19.2 Å². The molecule has 1 aromatic rings. The summed E-state index contributed by atoms with van der Waals surface area (Å²) in [6, 6.07) is 1.90. The Balaban J connectivity index is 2.73. The van der Waals surface area contributed by atoms with Crippen LogP contribution in [0.25, 0.3) is 0 Å². The van der Waals surface area contributed by atoms with Gasteiger partial charge in [0.1, 0.15) is 0 Å². The summed E-state index contributed by atoms with van der Waals surface area (Å²) in [5, 5.41) is 0. The maximum absolute atomic E-state index is 12.0. The second-order valence-electron chi connectivity index (χ2n) is 5.13. The van der Waals surface area contributed by atoms with Gasteiger partial charge in [-0.2, -0.15) is 0 Å². The van der Waals surface area contributed by atoms with Gasteiger partial charge in [-0.1, -0.05) is 27.7 Å². The third-order valence-corrected chi connectivity index (χ3v) is 6.19. The molecule has 0 spiro atoms. The first kappa shape index (κ1) is 14.4. The highest BCUT2D eigenvalue weighted by atomic mass is 79.9. The Kier molecular flexibility index (Phi) is 4.78. The van der Waals surface area contributed by atoms with E-state index in [0.717, 1.165) is 13.1 Å². The molecule has 0 aliphatic rings. The van der Waals surface area contributed by atoms with Crippen LogP contribution in [-0.2, 0) is 0 Å². The van der Waals surface area contributed by atoms with Gasteiger partial charge >= 0.3 is 0 Å². The number of halogens is 2. The van der Waals surface area contributed by atoms with E-state index in [9.17, 15) is 4.79 Å². The van der Waals surface area contributed by atoms with Crippen LogP contribution < -0.4 is 0 Å². The summed E-state index contributed by atoms with van der Waals surface area (Å²) >= 11 is 8.31. The second kappa shape index (κ2) is 5.32. The summed E-state index contributed by atoms with van der Waals surface area (Å²) < 4.78 is 1.95. The highest BCUT2D eigenvalue weighted by molar-refractivity contribution is 9.13. The van der Waals surface area contributed by atoms with Gasteiger partial charge in [0.25, 0.3) is 0 Å². The van der Waals surface area contributed by atoms with Crippen LogP contribution in [0.5, 0.6) is 0 Å². The van der Waals surface area contributed by atoms with Crippen LogP contribution in [0.2, 0.25) is 0 Å². The lowest BCUT2D eigenvalue weighted by molar-refractivity contribution is 0.0931. The molecule has 1 unspecified atom stereocenters. The smallest absolute Gasteiger partial charge is 0.173 e. The molecule has 0 saturated carbocycles. The van der Waals surface area contributed by atoms with Crippen LogP contribution in [-0.4, -0.2) is 5.78 Å². The predicted octanol–water partition coefficient (Wildman–Crippen LogP) is 5.53. The lowest BCUT2D eigenvalue weighted by Gasteiger charge is -2.26. The van der Waals surface area contributed by atoms with E-state index in [4.69, 9.17) is 0 Å². The lowest BCUT2D eigenvalue weighted by atomic mass is 9.79. The van der Waals surface area contributed by atoms with Gasteiger partial charge in [-0.05, 0) is 49.3 Å². The average Bonchev–Trinajstić information content (AvgIpc) is 2.45. The van der Waals surface area contributed by atoms with Crippen molar-refractivity contribution < 1.29 is 4.79 Å². The summed E-state index contributed by atoms with van der Waals surface area (Å²) in [6.07, 6.45) is 0.614. The van der Waals surface area contributed by atoms with E-state index in [2.05, 4.69) is 59.6 Å². The molecule has 1 atom stereocenters. The molecule has 1 heterocycles. The van der Waals surface area contributed by atoms with E-state index in [1.165, 1.54) is 11.3 Å². The highest BCUT2D eigenvalue weighted by Crippen LogP contribution is 2.35. The van der Waals surface area contributed by atoms with Crippen LogP contribution in [0.15, 0.2) is 14.3 Å². The van der Waals surface area contributed by atoms with Crippen LogP contribution in [0.4, 0.5) is 0 Å². The van der Waals surface area contributed by atoms with Gasteiger partial charge in [0, 0.05) is 10.9 Å². The fourth-order valence-electron chi connectivity index (χ4n) is 1.17. The zero-order chi connectivity index (χ0) is 12.5. The molecule has 0 aliphatic carbocycles. The Bertz CT molecular complexity index is 371. The largest absolute Gasteiger partial charge is 0.293 e. The highest BCUT2D eigenvalue weighted by Gasteiger charge is 2.24. The van der Waals surface area contributed by atoms with Gasteiger partial charge in [-0.25, -0.2) is 0 Å². The molecule has 90 valence electrons. The summed E-state index contributed by atoms with van der Waals surface area (Å²) in [5.74, 6) is 0.624. The van der Waals surface area contributed by atoms with E-state index in [0.29, 0.717) is 12.3 Å². The molecule has 0 bridgehead atoms. The minimum absolute atomic E-state index is 0.182. The maximum atomic E-state index is 12.0. The average molecular weight is 368 g/mol. The summed E-state index contributed by atoms with van der Waals surface area (Å²) in [7, 11) is 0. The molecule has 0 fully saturated rings. The van der Waals surface area contributed by atoms with Crippen molar-refractivity contribution >= 4 is 49.0 Å². The third-order valence-electron chi connectivity index (χ3n) is 2.89. The number of thiophene rings is 1. The molecular formula is C12H16Br2OS. The van der Waals surface area contributed by atoms with Crippen LogP contribution >= 0.6 is 43.2 Å². The topological polar surface area (TPSA) is 17.1 Å². The molecule has 16 heavy (non-hydrogen) atoms. The summed E-state index contributed by atoms with van der Waals surface area (Å²) in [5.41, 5.74) is 0.182. The Morgan fingerprint density at radius 3 is 2.38 bits per heavy atom. The molecule has 0 radical (unpaired) electrons. The van der Waals surface area contributed by atoms with E-state index < -0.39 is 0 Å². The number of Topliss-reactive ketones (excluding diaryl/α,β-unsaturated/α-hetero) is 1. The molecule has 1 nitrogen and oxygen atoms in total. The van der Waals surface area contributed by atoms with E-state index in [-0.39, 0.29) is 11.2 Å². The van der Waals surface area contributed by atoms with Crippen molar-refractivity contribution in [1.29, 1.82) is 0 Å². The van der Waals surface area contributed by atoms with Gasteiger partial charge in [-0.3, -0.25) is 4.79 Å². The fourth-order valence-corrected chi connectivity index (χ4v) is 3.15. The first-order valence-corrected chi connectivity index (χ1v) is 7.60. The Morgan fingerprint density at radius 2 is 2.00 bits per heavy atom. The van der Waals surface area contributed by atoms with Crippen molar-refractivity contribution in [2.45, 2.75) is 34.1 Å². The number of hydrogen-bond acceptors (Lipinski definition) is 2. The number of carbonyl (C=O) groups excluding carboxylic acids is 1. The zero-order valence-electron chi connectivity index (χ0n) is 9.93. The van der Waals surface area contributed by atoms with Crippen molar-refractivity contribution in [2.24, 2.45) is 11.3 Å². The number of hydrogen-bond donors (Lipinski definition) is 0. The van der Waals surface area contributed by atoms with Crippen LogP contribution in [0.1, 0.15) is 43.8 Å². The van der Waals surface area contributed by atoms with Crippen molar-refractivity contribution in [1.82, 2.24) is 0 Å². The van der Waals surface area contributed by atoms with Crippen molar-refractivity contribution in [3.63, 3.8) is 0 Å². The number of rotatable bonds is 3. The van der Waals surface area contributed by atoms with E-state index in [1.807, 2.05) is 6.07 Å². The van der Waals surface area contributed by atoms with Gasteiger partial charge in [0.05, 0.1) is 8.66 Å². The van der Waals surface area contributed by atoms with Gasteiger partial charge < -0.3 is 0 Å². The maximum Gasteiger partial charge on any atom is 0.173 e. The first-order valence-electron chi connectivity index (χ1n) is 5.20. The standard InChI is InChI=1S/C12H16Br2OS/c1-7(12(2,3)4)5-9(15)10-6-8(13)11(14)16-10/h6-7H,5H2,1-4H3. The quantitative estimate of drug-likeness (QED) is 0.642. The van der Waals surface area contributed by atoms with Crippen molar-refractivity contribution in [2.75, 3.05) is 0 Å². The Labute approximate surface area is 118 Å². The molecule has 4 heteroatoms. The minimum Gasteiger partial charge on any atom is -0.293 e. The predicted molar refractivity (Wildman–Crippen MR) is 77.3 cm³/mol. The molecule has 0 amide bonds. The minimum atomic E-state index is 0.182. The monoisotopic (exact) mass is 366 g/mol. The third kappa shape index (κ3) is 3.67. The Morgan fingerprint density at radius 1 is 1.44 bits per heavy atom. The molecule has 0 aliphatic heterocycles. The van der Waals surface area contributed by atoms with Gasteiger partial charge in [0.2, 0.25) is 0 Å². The molecular weight excluding hydrogens is 352 g/mol. The van der Waals surface area contributed by atoms with Gasteiger partial charge in [0.15, 0.2) is 5.78 Å². The Hall–Kier alpha value is 0.330. The van der Waals surface area contributed by atoms with Gasteiger partial charge in [-0.15, -0.1) is 11.3 Å². The molecule has 1 rings (SSSR count).